The highest BCUT2D eigenvalue weighted by atomic mass is 16.1. The smallest absolute Gasteiger partial charge is 0.217 e. The van der Waals surface area contributed by atoms with E-state index in [0.29, 0.717) is 12.1 Å². The summed E-state index contributed by atoms with van der Waals surface area (Å²) in [5, 5.41) is 3.04. The van der Waals surface area contributed by atoms with Gasteiger partial charge < -0.3 is 10.2 Å². The third-order valence-electron chi connectivity index (χ3n) is 5.49. The van der Waals surface area contributed by atoms with Crippen molar-refractivity contribution in [3.05, 3.63) is 47.0 Å². The Morgan fingerprint density at radius 2 is 2.11 bits per heavy atom. The highest BCUT2D eigenvalue weighted by molar-refractivity contribution is 5.75. The van der Waals surface area contributed by atoms with E-state index < -0.39 is 0 Å². The van der Waals surface area contributed by atoms with Crippen LogP contribution >= 0.6 is 0 Å². The van der Waals surface area contributed by atoms with Gasteiger partial charge in [0.15, 0.2) is 0 Å². The van der Waals surface area contributed by atoms with Gasteiger partial charge in [0.05, 0.1) is 6.04 Å². The van der Waals surface area contributed by atoms with E-state index in [9.17, 15) is 9.59 Å². The van der Waals surface area contributed by atoms with Gasteiger partial charge in [-0.25, -0.2) is 9.78 Å². The summed E-state index contributed by atoms with van der Waals surface area (Å²) >= 11 is 0. The number of aromatic nitrogens is 2. The number of amides is 1. The van der Waals surface area contributed by atoms with Gasteiger partial charge in [0.1, 0.15) is 17.5 Å². The topological polar surface area (TPSA) is 75.2 Å². The highest BCUT2D eigenvalue weighted by Gasteiger charge is 2.25. The van der Waals surface area contributed by atoms with E-state index in [0.717, 1.165) is 53.8 Å². The van der Waals surface area contributed by atoms with Crippen LogP contribution < -0.4 is 10.2 Å². The molecule has 0 aromatic carbocycles. The summed E-state index contributed by atoms with van der Waals surface area (Å²) in [4.78, 5) is 33.5. The van der Waals surface area contributed by atoms with Gasteiger partial charge >= 0.3 is 0 Å². The molecule has 1 atom stereocenters. The van der Waals surface area contributed by atoms with Gasteiger partial charge in [0.25, 0.3) is 0 Å². The van der Waals surface area contributed by atoms with E-state index in [4.69, 9.17) is 0 Å². The number of hydrogen-bond donors (Lipinski definition) is 1. The van der Waals surface area contributed by atoms with Crippen molar-refractivity contribution in [1.29, 1.82) is 0 Å². The Bertz CT molecular complexity index is 963. The number of fused-ring (bicyclic) bond motifs is 2. The van der Waals surface area contributed by atoms with Crippen LogP contribution in [0.1, 0.15) is 48.9 Å². The maximum Gasteiger partial charge on any atom is 0.217 e. The molecule has 2 aromatic rings. The summed E-state index contributed by atoms with van der Waals surface area (Å²) in [5.41, 5.74) is 6.23. The standard InChI is InChI=1S/C21H22N4O2/c1-13(27)24-20-5-3-4-17-18(10-22-11-19(17)20)15-8-14-6-7-16(12-26)25(2)21(14)23-9-15/h8-11,20H,3-7H2,1-2H3,(H,24,27)/t20-/m1/s1. The molecule has 0 spiro atoms. The van der Waals surface area contributed by atoms with Crippen molar-refractivity contribution >= 4 is 17.7 Å². The molecule has 6 heteroatoms. The van der Waals surface area contributed by atoms with Gasteiger partial charge in [-0.3, -0.25) is 9.78 Å². The second-order valence-corrected chi connectivity index (χ2v) is 7.21. The lowest BCUT2D eigenvalue weighted by atomic mass is 9.84. The van der Waals surface area contributed by atoms with Crippen molar-refractivity contribution in [2.45, 2.75) is 45.1 Å². The quantitative estimate of drug-likeness (QED) is 0.832. The van der Waals surface area contributed by atoms with Crippen molar-refractivity contribution in [3.8, 4) is 11.1 Å². The van der Waals surface area contributed by atoms with E-state index in [1.165, 1.54) is 5.56 Å². The minimum atomic E-state index is -0.0178. The molecule has 1 aliphatic carbocycles. The Balaban J connectivity index is 1.75. The van der Waals surface area contributed by atoms with Gasteiger partial charge in [0, 0.05) is 50.1 Å². The molecule has 0 unspecified atom stereocenters. The minimum absolute atomic E-state index is 0.0178. The number of hydrogen-bond acceptors (Lipinski definition) is 5. The van der Waals surface area contributed by atoms with Crippen LogP contribution in [0.5, 0.6) is 0 Å². The number of aryl methyl sites for hydroxylation is 1. The molecule has 0 radical (unpaired) electrons. The summed E-state index contributed by atoms with van der Waals surface area (Å²) in [6, 6.07) is 2.18. The largest absolute Gasteiger partial charge is 0.349 e. The zero-order valence-electron chi connectivity index (χ0n) is 15.6. The molecule has 138 valence electrons. The Morgan fingerprint density at radius 1 is 1.26 bits per heavy atom. The summed E-state index contributed by atoms with van der Waals surface area (Å²) in [5.74, 6) is 2.81. The summed E-state index contributed by atoms with van der Waals surface area (Å²) < 4.78 is 0. The zero-order chi connectivity index (χ0) is 19.0. The fourth-order valence-electron chi connectivity index (χ4n) is 4.17. The summed E-state index contributed by atoms with van der Waals surface area (Å²) in [7, 11) is 1.86. The molecule has 1 amide bonds. The first kappa shape index (κ1) is 17.4. The Kier molecular flexibility index (Phi) is 4.50. The predicted octanol–water partition coefficient (Wildman–Crippen LogP) is 2.76. The monoisotopic (exact) mass is 362 g/mol. The van der Waals surface area contributed by atoms with Crippen LogP contribution in [0, 0.1) is 0 Å². The fraction of sp³-hybridized carbons (Fsp3) is 0.381. The van der Waals surface area contributed by atoms with Crippen LogP contribution in [0.15, 0.2) is 30.4 Å². The van der Waals surface area contributed by atoms with Gasteiger partial charge in [-0.2, -0.15) is 0 Å². The Labute approximate surface area is 158 Å². The molecule has 1 aliphatic heterocycles. The molecule has 0 fully saturated rings. The lowest BCUT2D eigenvalue weighted by Gasteiger charge is -2.29. The number of rotatable bonds is 2. The van der Waals surface area contributed by atoms with E-state index in [1.54, 1.807) is 6.92 Å². The third-order valence-corrected chi connectivity index (χ3v) is 5.49. The van der Waals surface area contributed by atoms with Crippen LogP contribution in [-0.4, -0.2) is 28.9 Å². The molecule has 0 saturated carbocycles. The minimum Gasteiger partial charge on any atom is -0.349 e. The maximum atomic E-state index is 11.5. The molecule has 3 heterocycles. The Hall–Kier alpha value is -2.98. The highest BCUT2D eigenvalue weighted by Crippen LogP contribution is 2.37. The number of nitrogens with one attached hydrogen (secondary N) is 1. The molecular formula is C21H22N4O2. The molecule has 2 aliphatic rings. The summed E-state index contributed by atoms with van der Waals surface area (Å²) in [6.45, 7) is 1.55. The van der Waals surface area contributed by atoms with E-state index in [1.807, 2.05) is 36.5 Å². The summed E-state index contributed by atoms with van der Waals surface area (Å²) in [6.07, 6.45) is 10.0. The van der Waals surface area contributed by atoms with Crippen molar-refractivity contribution in [2.24, 2.45) is 0 Å². The number of carbonyl (C=O) groups is 1. The number of allylic oxidation sites excluding steroid dienone is 1. The van der Waals surface area contributed by atoms with Crippen molar-refractivity contribution in [2.75, 3.05) is 11.9 Å². The zero-order valence-corrected chi connectivity index (χ0v) is 15.6. The lowest BCUT2D eigenvalue weighted by Crippen LogP contribution is -2.29. The first-order chi connectivity index (χ1) is 13.1. The average Bonchev–Trinajstić information content (AvgIpc) is 2.67. The van der Waals surface area contributed by atoms with Crippen molar-refractivity contribution in [3.63, 3.8) is 0 Å². The van der Waals surface area contributed by atoms with Crippen molar-refractivity contribution in [1.82, 2.24) is 15.3 Å². The van der Waals surface area contributed by atoms with Crippen LogP contribution in [0.25, 0.3) is 11.1 Å². The number of anilines is 1. The van der Waals surface area contributed by atoms with Crippen molar-refractivity contribution < 1.29 is 9.59 Å². The average molecular weight is 362 g/mol. The molecule has 1 N–H and O–H groups in total. The third kappa shape index (κ3) is 3.13. The molecular weight excluding hydrogens is 340 g/mol. The predicted molar refractivity (Wildman–Crippen MR) is 103 cm³/mol. The second kappa shape index (κ2) is 6.97. The first-order valence-electron chi connectivity index (χ1n) is 9.29. The second-order valence-electron chi connectivity index (χ2n) is 7.21. The molecule has 0 bridgehead atoms. The molecule has 4 rings (SSSR count). The normalized spacial score (nSPS) is 18.4. The van der Waals surface area contributed by atoms with E-state index in [-0.39, 0.29) is 11.9 Å². The fourth-order valence-corrected chi connectivity index (χ4v) is 4.17. The first-order valence-corrected chi connectivity index (χ1v) is 9.29. The van der Waals surface area contributed by atoms with Gasteiger partial charge in [-0.05, 0) is 48.4 Å². The van der Waals surface area contributed by atoms with Crippen LogP contribution in [0.2, 0.25) is 0 Å². The Morgan fingerprint density at radius 3 is 2.89 bits per heavy atom. The number of nitrogens with zero attached hydrogens (tertiary/aromatic N) is 3. The SMILES string of the molecule is CC(=O)N[C@@H]1CCCc2c(-c3cnc4c(c3)CCC(=C=O)N4C)cncc21. The molecule has 6 nitrogen and oxygen atoms in total. The molecule has 27 heavy (non-hydrogen) atoms. The van der Waals surface area contributed by atoms with Crippen LogP contribution in [0.4, 0.5) is 5.82 Å². The number of carbonyl (C=O) groups excluding carboxylic acids is 2. The van der Waals surface area contributed by atoms with E-state index >= 15 is 0 Å². The van der Waals surface area contributed by atoms with Gasteiger partial charge in [0.2, 0.25) is 5.91 Å². The van der Waals surface area contributed by atoms with Gasteiger partial charge in [-0.1, -0.05) is 0 Å². The number of pyridine rings is 2. The molecule has 0 saturated heterocycles. The van der Waals surface area contributed by atoms with Crippen LogP contribution in [0.3, 0.4) is 0 Å². The van der Waals surface area contributed by atoms with E-state index in [2.05, 4.69) is 21.4 Å². The maximum absolute atomic E-state index is 11.5. The van der Waals surface area contributed by atoms with Crippen LogP contribution in [-0.2, 0) is 22.4 Å². The van der Waals surface area contributed by atoms with Gasteiger partial charge in [-0.15, -0.1) is 0 Å². The lowest BCUT2D eigenvalue weighted by molar-refractivity contribution is -0.119. The molecule has 2 aromatic heterocycles.